The summed E-state index contributed by atoms with van der Waals surface area (Å²) in [6, 6.07) is 5.88. The molecule has 0 aromatic heterocycles. The number of anilines is 1. The number of halogens is 1. The molecule has 0 radical (unpaired) electrons. The van der Waals surface area contributed by atoms with Crippen LogP contribution in [0, 0.1) is 6.92 Å². The lowest BCUT2D eigenvalue weighted by Gasteiger charge is -2.34. The molecule has 5 heteroatoms. The third kappa shape index (κ3) is 4.61. The van der Waals surface area contributed by atoms with Crippen LogP contribution in [-0.4, -0.2) is 55.0 Å². The van der Waals surface area contributed by atoms with Gasteiger partial charge in [0.2, 0.25) is 5.91 Å². The van der Waals surface area contributed by atoms with E-state index in [4.69, 9.17) is 11.6 Å². The topological polar surface area (TPSA) is 35.6 Å². The molecule has 0 unspecified atom stereocenters. The zero-order valence-electron chi connectivity index (χ0n) is 12.9. The predicted octanol–water partition coefficient (Wildman–Crippen LogP) is 2.61. The summed E-state index contributed by atoms with van der Waals surface area (Å²) in [6.07, 6.45) is 0.525. The first-order chi connectivity index (χ1) is 10.1. The number of amides is 1. The van der Waals surface area contributed by atoms with Gasteiger partial charge in [0.15, 0.2) is 0 Å². The molecule has 1 aliphatic heterocycles. The molecule has 1 fully saturated rings. The minimum Gasteiger partial charge on any atom is -0.384 e. The number of hydrogen-bond donors (Lipinski definition) is 1. The van der Waals surface area contributed by atoms with Crippen LogP contribution in [0.5, 0.6) is 0 Å². The standard InChI is InChI=1S/C16H24ClN3O/c1-3-19-8-10-20(11-9-19)16(21)6-7-18-14-5-4-13(2)15(17)12-14/h4-5,12,18H,3,6-11H2,1-2H3. The minimum absolute atomic E-state index is 0.233. The van der Waals surface area contributed by atoms with Gasteiger partial charge in [-0.2, -0.15) is 0 Å². The van der Waals surface area contributed by atoms with Crippen molar-refractivity contribution in [2.45, 2.75) is 20.3 Å². The van der Waals surface area contributed by atoms with Crippen molar-refractivity contribution in [3.63, 3.8) is 0 Å². The number of nitrogens with zero attached hydrogens (tertiary/aromatic N) is 2. The highest BCUT2D eigenvalue weighted by atomic mass is 35.5. The number of carbonyl (C=O) groups is 1. The van der Waals surface area contributed by atoms with E-state index in [9.17, 15) is 4.79 Å². The minimum atomic E-state index is 0.233. The molecule has 1 amide bonds. The van der Waals surface area contributed by atoms with Gasteiger partial charge in [-0.05, 0) is 31.2 Å². The Bertz CT molecular complexity index is 484. The SMILES string of the molecule is CCN1CCN(C(=O)CCNc2ccc(C)c(Cl)c2)CC1. The Labute approximate surface area is 132 Å². The number of likely N-dealkylation sites (N-methyl/N-ethyl adjacent to an activating group) is 1. The number of aryl methyl sites for hydroxylation is 1. The third-order valence-corrected chi connectivity index (χ3v) is 4.42. The van der Waals surface area contributed by atoms with Gasteiger partial charge in [0.05, 0.1) is 0 Å². The van der Waals surface area contributed by atoms with Crippen LogP contribution in [0.3, 0.4) is 0 Å². The van der Waals surface area contributed by atoms with Crippen molar-refractivity contribution in [3.05, 3.63) is 28.8 Å². The summed E-state index contributed by atoms with van der Waals surface area (Å²) >= 11 is 6.08. The number of piperazine rings is 1. The number of carbonyl (C=O) groups excluding carboxylic acids is 1. The van der Waals surface area contributed by atoms with Gasteiger partial charge in [-0.1, -0.05) is 24.6 Å². The molecule has 1 aromatic rings. The van der Waals surface area contributed by atoms with E-state index in [2.05, 4.69) is 17.1 Å². The molecule has 0 saturated carbocycles. The van der Waals surface area contributed by atoms with Crippen molar-refractivity contribution < 1.29 is 4.79 Å². The summed E-state index contributed by atoms with van der Waals surface area (Å²) in [5.41, 5.74) is 2.03. The summed E-state index contributed by atoms with van der Waals surface area (Å²) < 4.78 is 0. The second-order valence-electron chi connectivity index (χ2n) is 5.46. The van der Waals surface area contributed by atoms with Crippen molar-refractivity contribution in [1.29, 1.82) is 0 Å². The molecule has 1 aromatic carbocycles. The predicted molar refractivity (Wildman–Crippen MR) is 88.0 cm³/mol. The molecular formula is C16H24ClN3O. The normalized spacial score (nSPS) is 16.0. The first kappa shape index (κ1) is 16.1. The first-order valence-corrected chi connectivity index (χ1v) is 7.98. The van der Waals surface area contributed by atoms with Crippen molar-refractivity contribution >= 4 is 23.2 Å². The zero-order chi connectivity index (χ0) is 15.2. The van der Waals surface area contributed by atoms with Gasteiger partial charge < -0.3 is 15.1 Å². The van der Waals surface area contributed by atoms with Crippen LogP contribution in [-0.2, 0) is 4.79 Å². The van der Waals surface area contributed by atoms with Crippen LogP contribution in [0.15, 0.2) is 18.2 Å². The van der Waals surface area contributed by atoms with E-state index in [1.807, 2.05) is 30.0 Å². The fourth-order valence-electron chi connectivity index (χ4n) is 2.49. The summed E-state index contributed by atoms with van der Waals surface area (Å²) in [5, 5.41) is 4.01. The van der Waals surface area contributed by atoms with Gasteiger partial charge in [0.25, 0.3) is 0 Å². The van der Waals surface area contributed by atoms with Crippen molar-refractivity contribution in [1.82, 2.24) is 9.80 Å². The molecule has 1 N–H and O–H groups in total. The largest absolute Gasteiger partial charge is 0.384 e. The highest BCUT2D eigenvalue weighted by Crippen LogP contribution is 2.19. The van der Waals surface area contributed by atoms with E-state index in [1.165, 1.54) is 0 Å². The lowest BCUT2D eigenvalue weighted by Crippen LogP contribution is -2.48. The van der Waals surface area contributed by atoms with Crippen molar-refractivity contribution in [2.75, 3.05) is 44.6 Å². The van der Waals surface area contributed by atoms with Crippen LogP contribution in [0.4, 0.5) is 5.69 Å². The lowest BCUT2D eigenvalue weighted by molar-refractivity contribution is -0.132. The Balaban J connectivity index is 1.73. The maximum Gasteiger partial charge on any atom is 0.224 e. The second kappa shape index (κ2) is 7.66. The Kier molecular flexibility index (Phi) is 5.88. The smallest absolute Gasteiger partial charge is 0.224 e. The van der Waals surface area contributed by atoms with E-state index in [1.54, 1.807) is 0 Å². The average Bonchev–Trinajstić information content (AvgIpc) is 2.51. The summed E-state index contributed by atoms with van der Waals surface area (Å²) in [5.74, 6) is 0.233. The Morgan fingerprint density at radius 2 is 2.00 bits per heavy atom. The van der Waals surface area contributed by atoms with E-state index < -0.39 is 0 Å². The van der Waals surface area contributed by atoms with E-state index >= 15 is 0 Å². The molecule has 2 rings (SSSR count). The summed E-state index contributed by atoms with van der Waals surface area (Å²) in [7, 11) is 0. The first-order valence-electron chi connectivity index (χ1n) is 7.60. The molecule has 1 heterocycles. The molecule has 0 spiro atoms. The van der Waals surface area contributed by atoms with E-state index in [-0.39, 0.29) is 5.91 Å². The molecule has 0 aliphatic carbocycles. The van der Waals surface area contributed by atoms with Crippen molar-refractivity contribution in [2.24, 2.45) is 0 Å². The number of benzene rings is 1. The van der Waals surface area contributed by atoms with E-state index in [0.717, 1.165) is 49.0 Å². The van der Waals surface area contributed by atoms with Gasteiger partial charge in [-0.25, -0.2) is 0 Å². The van der Waals surface area contributed by atoms with Crippen LogP contribution in [0.2, 0.25) is 5.02 Å². The van der Waals surface area contributed by atoms with Gasteiger partial charge in [-0.3, -0.25) is 4.79 Å². The maximum absolute atomic E-state index is 12.1. The quantitative estimate of drug-likeness (QED) is 0.908. The molecular weight excluding hydrogens is 286 g/mol. The fraction of sp³-hybridized carbons (Fsp3) is 0.562. The number of rotatable bonds is 5. The van der Waals surface area contributed by atoms with Gasteiger partial charge in [0, 0.05) is 49.9 Å². The van der Waals surface area contributed by atoms with Gasteiger partial charge in [0.1, 0.15) is 0 Å². The Morgan fingerprint density at radius 1 is 1.29 bits per heavy atom. The number of hydrogen-bond acceptors (Lipinski definition) is 3. The van der Waals surface area contributed by atoms with Crippen molar-refractivity contribution in [3.8, 4) is 0 Å². The second-order valence-corrected chi connectivity index (χ2v) is 5.86. The fourth-order valence-corrected chi connectivity index (χ4v) is 2.67. The molecule has 116 valence electrons. The lowest BCUT2D eigenvalue weighted by atomic mass is 10.2. The molecule has 1 aliphatic rings. The van der Waals surface area contributed by atoms with Gasteiger partial charge in [-0.15, -0.1) is 0 Å². The molecule has 0 bridgehead atoms. The summed E-state index contributed by atoms with van der Waals surface area (Å²) in [4.78, 5) is 16.5. The highest BCUT2D eigenvalue weighted by molar-refractivity contribution is 6.31. The monoisotopic (exact) mass is 309 g/mol. The van der Waals surface area contributed by atoms with Gasteiger partial charge >= 0.3 is 0 Å². The average molecular weight is 310 g/mol. The molecule has 21 heavy (non-hydrogen) atoms. The Hall–Kier alpha value is -1.26. The summed E-state index contributed by atoms with van der Waals surface area (Å²) in [6.45, 7) is 9.53. The molecule has 0 atom stereocenters. The highest BCUT2D eigenvalue weighted by Gasteiger charge is 2.19. The zero-order valence-corrected chi connectivity index (χ0v) is 13.6. The maximum atomic E-state index is 12.1. The third-order valence-electron chi connectivity index (χ3n) is 4.01. The molecule has 4 nitrogen and oxygen atoms in total. The Morgan fingerprint density at radius 3 is 2.62 bits per heavy atom. The number of nitrogens with one attached hydrogen (secondary N) is 1. The van der Waals surface area contributed by atoms with Crippen LogP contribution < -0.4 is 5.32 Å². The van der Waals surface area contributed by atoms with Crippen LogP contribution in [0.25, 0.3) is 0 Å². The van der Waals surface area contributed by atoms with Crippen LogP contribution >= 0.6 is 11.6 Å². The van der Waals surface area contributed by atoms with Crippen LogP contribution in [0.1, 0.15) is 18.9 Å². The van der Waals surface area contributed by atoms with E-state index in [0.29, 0.717) is 13.0 Å². The molecule has 1 saturated heterocycles.